The van der Waals surface area contributed by atoms with Gasteiger partial charge in [0.2, 0.25) is 0 Å². The molecule has 0 unspecified atom stereocenters. The molecule has 0 aliphatic carbocycles. The monoisotopic (exact) mass is 332 g/mol. The van der Waals surface area contributed by atoms with E-state index < -0.39 is 5.69 Å². The van der Waals surface area contributed by atoms with E-state index in [0.29, 0.717) is 17.9 Å². The quantitative estimate of drug-likeness (QED) is 0.896. The van der Waals surface area contributed by atoms with Crippen LogP contribution in [0.3, 0.4) is 0 Å². The van der Waals surface area contributed by atoms with E-state index in [1.807, 2.05) is 4.90 Å². The molecule has 2 N–H and O–H groups in total. The Morgan fingerprint density at radius 3 is 2.79 bits per heavy atom. The van der Waals surface area contributed by atoms with Gasteiger partial charge in [0.05, 0.1) is 6.54 Å². The molecule has 1 aromatic carbocycles. The van der Waals surface area contributed by atoms with E-state index in [0.717, 1.165) is 24.0 Å². The number of halogens is 1. The van der Waals surface area contributed by atoms with Gasteiger partial charge < -0.3 is 10.6 Å². The van der Waals surface area contributed by atoms with Gasteiger partial charge in [-0.25, -0.2) is 9.18 Å². The Kier molecular flexibility index (Phi) is 4.53. The minimum Gasteiger partial charge on any atom is -0.356 e. The maximum absolute atomic E-state index is 13.5. The smallest absolute Gasteiger partial charge is 0.332 e. The van der Waals surface area contributed by atoms with Crippen molar-refractivity contribution < 1.29 is 4.39 Å². The molecule has 1 aliphatic heterocycles. The predicted octanol–water partition coefficient (Wildman–Crippen LogP) is 0.662. The van der Waals surface area contributed by atoms with Gasteiger partial charge in [-0.05, 0) is 30.5 Å². The highest BCUT2D eigenvalue weighted by atomic mass is 19.1. The number of anilines is 1. The van der Waals surface area contributed by atoms with Crippen LogP contribution in [0.5, 0.6) is 0 Å². The topological polar surface area (TPSA) is 73.3 Å². The van der Waals surface area contributed by atoms with Crippen molar-refractivity contribution in [2.75, 3.05) is 18.0 Å². The van der Waals surface area contributed by atoms with Crippen LogP contribution < -0.4 is 21.9 Å². The molecule has 0 saturated carbocycles. The molecule has 1 fully saturated rings. The van der Waals surface area contributed by atoms with Gasteiger partial charge in [-0.3, -0.25) is 13.9 Å². The third-order valence-corrected chi connectivity index (χ3v) is 4.39. The predicted molar refractivity (Wildman–Crippen MR) is 90.9 cm³/mol. The van der Waals surface area contributed by atoms with Crippen molar-refractivity contribution in [3.8, 4) is 0 Å². The van der Waals surface area contributed by atoms with Gasteiger partial charge in [0.1, 0.15) is 11.6 Å². The van der Waals surface area contributed by atoms with E-state index in [4.69, 9.17) is 5.73 Å². The van der Waals surface area contributed by atoms with Gasteiger partial charge in [0.15, 0.2) is 0 Å². The summed E-state index contributed by atoms with van der Waals surface area (Å²) in [4.78, 5) is 26.6. The Labute approximate surface area is 138 Å². The highest BCUT2D eigenvalue weighted by molar-refractivity contribution is 5.40. The molecular formula is C17H21FN4O2. The van der Waals surface area contributed by atoms with Crippen LogP contribution in [-0.4, -0.2) is 28.3 Å². The van der Waals surface area contributed by atoms with Crippen LogP contribution in [0.1, 0.15) is 18.4 Å². The molecule has 1 aliphatic rings. The SMILES string of the molecule is Cn1c(=O)cc(N2CCC[C@@H](N)C2)n(Cc2cccc(F)c2)c1=O. The molecule has 0 radical (unpaired) electrons. The number of nitrogens with two attached hydrogens (primary N) is 1. The van der Waals surface area contributed by atoms with Crippen LogP contribution in [0.25, 0.3) is 0 Å². The fourth-order valence-corrected chi connectivity index (χ4v) is 3.11. The molecule has 0 bridgehead atoms. The summed E-state index contributed by atoms with van der Waals surface area (Å²) in [5.41, 5.74) is 5.92. The molecule has 7 heteroatoms. The molecule has 6 nitrogen and oxygen atoms in total. The summed E-state index contributed by atoms with van der Waals surface area (Å²) >= 11 is 0. The second-order valence-corrected chi connectivity index (χ2v) is 6.25. The number of piperidine rings is 1. The fourth-order valence-electron chi connectivity index (χ4n) is 3.11. The van der Waals surface area contributed by atoms with Gasteiger partial charge in [-0.15, -0.1) is 0 Å². The van der Waals surface area contributed by atoms with Gasteiger partial charge in [-0.2, -0.15) is 0 Å². The fraction of sp³-hybridized carbons (Fsp3) is 0.412. The van der Waals surface area contributed by atoms with Crippen molar-refractivity contribution in [3.05, 3.63) is 62.6 Å². The van der Waals surface area contributed by atoms with Crippen LogP contribution in [0.2, 0.25) is 0 Å². The van der Waals surface area contributed by atoms with Gasteiger partial charge in [-0.1, -0.05) is 12.1 Å². The summed E-state index contributed by atoms with van der Waals surface area (Å²) in [6.07, 6.45) is 1.83. The van der Waals surface area contributed by atoms with E-state index in [9.17, 15) is 14.0 Å². The summed E-state index contributed by atoms with van der Waals surface area (Å²) in [6.45, 7) is 1.53. The van der Waals surface area contributed by atoms with Gasteiger partial charge in [0, 0.05) is 32.2 Å². The Bertz CT molecular complexity index is 858. The summed E-state index contributed by atoms with van der Waals surface area (Å²) in [5.74, 6) is 0.189. The molecule has 1 atom stereocenters. The average molecular weight is 332 g/mol. The number of hydrogen-bond acceptors (Lipinski definition) is 4. The average Bonchev–Trinajstić information content (AvgIpc) is 2.55. The van der Waals surface area contributed by atoms with Crippen molar-refractivity contribution in [2.45, 2.75) is 25.4 Å². The molecule has 24 heavy (non-hydrogen) atoms. The number of hydrogen-bond donors (Lipinski definition) is 1. The second-order valence-electron chi connectivity index (χ2n) is 6.25. The molecule has 2 heterocycles. The number of benzene rings is 1. The number of rotatable bonds is 3. The molecule has 3 rings (SSSR count). The van der Waals surface area contributed by atoms with E-state index in [-0.39, 0.29) is 24.0 Å². The van der Waals surface area contributed by atoms with Crippen molar-refractivity contribution >= 4 is 5.82 Å². The molecule has 128 valence electrons. The van der Waals surface area contributed by atoms with Crippen LogP contribution in [0.4, 0.5) is 10.2 Å². The lowest BCUT2D eigenvalue weighted by molar-refractivity contribution is 0.491. The van der Waals surface area contributed by atoms with Crippen molar-refractivity contribution in [2.24, 2.45) is 12.8 Å². The number of aromatic nitrogens is 2. The maximum Gasteiger partial charge on any atom is 0.332 e. The zero-order valence-electron chi connectivity index (χ0n) is 13.6. The van der Waals surface area contributed by atoms with E-state index in [2.05, 4.69) is 0 Å². The van der Waals surface area contributed by atoms with Crippen LogP contribution >= 0.6 is 0 Å². The summed E-state index contributed by atoms with van der Waals surface area (Å²) < 4.78 is 16.0. The van der Waals surface area contributed by atoms with E-state index in [1.165, 1.54) is 29.8 Å². The highest BCUT2D eigenvalue weighted by Gasteiger charge is 2.21. The minimum absolute atomic E-state index is 0.0144. The lowest BCUT2D eigenvalue weighted by Crippen LogP contribution is -2.47. The molecule has 1 aromatic heterocycles. The Morgan fingerprint density at radius 2 is 2.08 bits per heavy atom. The highest BCUT2D eigenvalue weighted by Crippen LogP contribution is 2.18. The Hall–Kier alpha value is -2.41. The summed E-state index contributed by atoms with van der Waals surface area (Å²) in [6, 6.07) is 7.58. The third-order valence-electron chi connectivity index (χ3n) is 4.39. The Balaban J connectivity index is 2.07. The Morgan fingerprint density at radius 1 is 1.29 bits per heavy atom. The molecule has 1 saturated heterocycles. The molecule has 2 aromatic rings. The third kappa shape index (κ3) is 3.26. The lowest BCUT2D eigenvalue weighted by Gasteiger charge is -2.34. The van der Waals surface area contributed by atoms with E-state index in [1.54, 1.807) is 12.1 Å². The summed E-state index contributed by atoms with van der Waals surface area (Å²) in [5, 5.41) is 0. The maximum atomic E-state index is 13.5. The largest absolute Gasteiger partial charge is 0.356 e. The zero-order chi connectivity index (χ0) is 17.3. The zero-order valence-corrected chi connectivity index (χ0v) is 13.6. The van der Waals surface area contributed by atoms with Crippen LogP contribution in [-0.2, 0) is 13.6 Å². The van der Waals surface area contributed by atoms with Crippen LogP contribution in [0.15, 0.2) is 39.9 Å². The number of nitrogens with zero attached hydrogens (tertiary/aromatic N) is 3. The van der Waals surface area contributed by atoms with Gasteiger partial charge in [0.25, 0.3) is 5.56 Å². The summed E-state index contributed by atoms with van der Waals surface area (Å²) in [7, 11) is 1.44. The minimum atomic E-state index is -0.416. The van der Waals surface area contributed by atoms with Crippen LogP contribution in [0, 0.1) is 5.82 Å². The first-order chi connectivity index (χ1) is 11.5. The van der Waals surface area contributed by atoms with Gasteiger partial charge >= 0.3 is 5.69 Å². The first-order valence-corrected chi connectivity index (χ1v) is 8.01. The second kappa shape index (κ2) is 6.60. The normalized spacial score (nSPS) is 18.0. The molecular weight excluding hydrogens is 311 g/mol. The molecule has 0 amide bonds. The standard InChI is InChI=1S/C17H21FN4O2/c1-20-16(23)9-15(21-7-3-6-14(19)11-21)22(17(20)24)10-12-4-2-5-13(18)8-12/h2,4-5,8-9,14H,3,6-7,10-11,19H2,1H3/t14-/m1/s1. The first-order valence-electron chi connectivity index (χ1n) is 8.01. The first kappa shape index (κ1) is 16.4. The lowest BCUT2D eigenvalue weighted by atomic mass is 10.1. The van der Waals surface area contributed by atoms with Crippen molar-refractivity contribution in [1.82, 2.24) is 9.13 Å². The van der Waals surface area contributed by atoms with Crippen molar-refractivity contribution in [3.63, 3.8) is 0 Å². The van der Waals surface area contributed by atoms with Crippen molar-refractivity contribution in [1.29, 1.82) is 0 Å². The van der Waals surface area contributed by atoms with E-state index >= 15 is 0 Å². The molecule has 0 spiro atoms.